The van der Waals surface area contributed by atoms with Crippen LogP contribution in [0.25, 0.3) is 0 Å². The molecule has 0 aliphatic carbocycles. The van der Waals surface area contributed by atoms with Crippen LogP contribution in [0.4, 0.5) is 15.8 Å². The van der Waals surface area contributed by atoms with Crippen molar-refractivity contribution in [3.8, 4) is 0 Å². The standard InChI is InChI=1S/C16H14ClFN2O/c17-13-2-1-3-14(18)12(13)9-19-11-5-6-15-10(8-11)4-7-16(21)20-15/h1-3,5-6,8,19H,4,7,9H2,(H,20,21). The fraction of sp³-hybridized carbons (Fsp3) is 0.188. The van der Waals surface area contributed by atoms with Crippen molar-refractivity contribution in [1.82, 2.24) is 0 Å². The van der Waals surface area contributed by atoms with Gasteiger partial charge in [-0.05, 0) is 42.3 Å². The second-order valence-electron chi connectivity index (χ2n) is 4.97. The Morgan fingerprint density at radius 2 is 2.10 bits per heavy atom. The molecule has 1 heterocycles. The molecule has 1 aliphatic heterocycles. The summed E-state index contributed by atoms with van der Waals surface area (Å²) in [5.41, 5.74) is 3.26. The summed E-state index contributed by atoms with van der Waals surface area (Å²) in [7, 11) is 0. The Hall–Kier alpha value is -2.07. The summed E-state index contributed by atoms with van der Waals surface area (Å²) in [6.45, 7) is 0.316. The van der Waals surface area contributed by atoms with E-state index in [2.05, 4.69) is 10.6 Å². The summed E-state index contributed by atoms with van der Waals surface area (Å²) in [6.07, 6.45) is 1.22. The number of amides is 1. The first kappa shape index (κ1) is 13.9. The molecule has 0 fully saturated rings. The molecular formula is C16H14ClFN2O. The third-order valence-corrected chi connectivity index (χ3v) is 3.89. The molecule has 5 heteroatoms. The van der Waals surface area contributed by atoms with E-state index in [1.807, 2.05) is 18.2 Å². The Morgan fingerprint density at radius 3 is 2.90 bits per heavy atom. The van der Waals surface area contributed by atoms with E-state index in [4.69, 9.17) is 11.6 Å². The smallest absolute Gasteiger partial charge is 0.224 e. The van der Waals surface area contributed by atoms with Gasteiger partial charge in [0.2, 0.25) is 5.91 Å². The number of benzene rings is 2. The highest BCUT2D eigenvalue weighted by Crippen LogP contribution is 2.26. The van der Waals surface area contributed by atoms with Crippen molar-refractivity contribution >= 4 is 28.9 Å². The van der Waals surface area contributed by atoms with Crippen LogP contribution in [0.1, 0.15) is 17.5 Å². The van der Waals surface area contributed by atoms with Crippen molar-refractivity contribution < 1.29 is 9.18 Å². The Labute approximate surface area is 127 Å². The first-order valence-electron chi connectivity index (χ1n) is 6.73. The average molecular weight is 305 g/mol. The molecule has 0 radical (unpaired) electrons. The fourth-order valence-corrected chi connectivity index (χ4v) is 2.61. The highest BCUT2D eigenvalue weighted by Gasteiger charge is 2.15. The first-order chi connectivity index (χ1) is 10.1. The van der Waals surface area contributed by atoms with E-state index >= 15 is 0 Å². The molecule has 2 aromatic rings. The number of nitrogens with one attached hydrogen (secondary N) is 2. The second kappa shape index (κ2) is 5.74. The molecule has 0 spiro atoms. The number of fused-ring (bicyclic) bond motifs is 1. The van der Waals surface area contributed by atoms with E-state index in [1.54, 1.807) is 12.1 Å². The van der Waals surface area contributed by atoms with Gasteiger partial charge >= 0.3 is 0 Å². The third kappa shape index (κ3) is 3.00. The fourth-order valence-electron chi connectivity index (χ4n) is 2.39. The van der Waals surface area contributed by atoms with Crippen molar-refractivity contribution in [3.05, 3.63) is 58.4 Å². The zero-order valence-corrected chi connectivity index (χ0v) is 12.0. The number of carbonyl (C=O) groups is 1. The van der Waals surface area contributed by atoms with Crippen LogP contribution in [0.3, 0.4) is 0 Å². The summed E-state index contributed by atoms with van der Waals surface area (Å²) in [5, 5.41) is 6.41. The van der Waals surface area contributed by atoms with Crippen molar-refractivity contribution in [3.63, 3.8) is 0 Å². The molecule has 1 aliphatic rings. The van der Waals surface area contributed by atoms with Gasteiger partial charge < -0.3 is 10.6 Å². The van der Waals surface area contributed by atoms with E-state index < -0.39 is 0 Å². The van der Waals surface area contributed by atoms with E-state index in [0.29, 0.717) is 23.6 Å². The molecule has 0 bridgehead atoms. The summed E-state index contributed by atoms with van der Waals surface area (Å²) in [4.78, 5) is 11.3. The number of aryl methyl sites for hydroxylation is 1. The van der Waals surface area contributed by atoms with Crippen LogP contribution in [0.2, 0.25) is 5.02 Å². The molecule has 0 saturated carbocycles. The summed E-state index contributed by atoms with van der Waals surface area (Å²) >= 11 is 6.00. The maximum Gasteiger partial charge on any atom is 0.224 e. The lowest BCUT2D eigenvalue weighted by Gasteiger charge is -2.18. The van der Waals surface area contributed by atoms with Gasteiger partial charge in [0.25, 0.3) is 0 Å². The lowest BCUT2D eigenvalue weighted by molar-refractivity contribution is -0.116. The number of rotatable bonds is 3. The van der Waals surface area contributed by atoms with Crippen molar-refractivity contribution in [2.75, 3.05) is 10.6 Å². The quantitative estimate of drug-likeness (QED) is 0.900. The predicted molar refractivity (Wildman–Crippen MR) is 82.1 cm³/mol. The van der Waals surface area contributed by atoms with Crippen LogP contribution in [0.5, 0.6) is 0 Å². The molecule has 2 aromatic carbocycles. The van der Waals surface area contributed by atoms with Crippen molar-refractivity contribution in [1.29, 1.82) is 0 Å². The number of carbonyl (C=O) groups excluding carboxylic acids is 1. The summed E-state index contributed by atoms with van der Waals surface area (Å²) in [5.74, 6) is -0.276. The number of anilines is 2. The predicted octanol–water partition coefficient (Wildman–Crippen LogP) is 3.98. The molecule has 21 heavy (non-hydrogen) atoms. The minimum atomic E-state index is -0.319. The van der Waals surface area contributed by atoms with Gasteiger partial charge in [0.05, 0.1) is 0 Å². The minimum Gasteiger partial charge on any atom is -0.381 e. The van der Waals surface area contributed by atoms with Crippen LogP contribution in [-0.2, 0) is 17.8 Å². The number of hydrogen-bond donors (Lipinski definition) is 2. The van der Waals surface area contributed by atoms with Gasteiger partial charge in [-0.25, -0.2) is 4.39 Å². The molecule has 3 rings (SSSR count). The van der Waals surface area contributed by atoms with Crippen LogP contribution in [-0.4, -0.2) is 5.91 Å². The normalized spacial score (nSPS) is 13.5. The van der Waals surface area contributed by atoms with Crippen LogP contribution < -0.4 is 10.6 Å². The van der Waals surface area contributed by atoms with Gasteiger partial charge in [-0.1, -0.05) is 17.7 Å². The molecule has 0 unspecified atom stereocenters. The lowest BCUT2D eigenvalue weighted by Crippen LogP contribution is -2.19. The summed E-state index contributed by atoms with van der Waals surface area (Å²) < 4.78 is 13.7. The Kier molecular flexibility index (Phi) is 3.80. The number of halogens is 2. The van der Waals surface area contributed by atoms with E-state index in [9.17, 15) is 9.18 Å². The molecule has 2 N–H and O–H groups in total. The SMILES string of the molecule is O=C1CCc2cc(NCc3c(F)cccc3Cl)ccc2N1. The zero-order chi connectivity index (χ0) is 14.8. The Morgan fingerprint density at radius 1 is 1.24 bits per heavy atom. The second-order valence-corrected chi connectivity index (χ2v) is 5.38. The van der Waals surface area contributed by atoms with Gasteiger partial charge in [0.15, 0.2) is 0 Å². The van der Waals surface area contributed by atoms with Gasteiger partial charge in [0, 0.05) is 34.9 Å². The van der Waals surface area contributed by atoms with E-state index in [0.717, 1.165) is 23.4 Å². The molecule has 0 saturated heterocycles. The molecule has 0 aromatic heterocycles. The van der Waals surface area contributed by atoms with Gasteiger partial charge in [-0.15, -0.1) is 0 Å². The molecule has 3 nitrogen and oxygen atoms in total. The van der Waals surface area contributed by atoms with Gasteiger partial charge in [-0.2, -0.15) is 0 Å². The minimum absolute atomic E-state index is 0.0429. The molecule has 1 amide bonds. The van der Waals surface area contributed by atoms with Crippen LogP contribution in [0, 0.1) is 5.82 Å². The van der Waals surface area contributed by atoms with Crippen LogP contribution in [0.15, 0.2) is 36.4 Å². The highest BCUT2D eigenvalue weighted by atomic mass is 35.5. The lowest BCUT2D eigenvalue weighted by atomic mass is 10.0. The largest absolute Gasteiger partial charge is 0.381 e. The Bertz CT molecular complexity index is 682. The number of hydrogen-bond acceptors (Lipinski definition) is 2. The molecule has 108 valence electrons. The summed E-state index contributed by atoms with van der Waals surface area (Å²) in [6, 6.07) is 10.3. The van der Waals surface area contributed by atoms with Gasteiger partial charge in [-0.3, -0.25) is 4.79 Å². The Balaban J connectivity index is 1.76. The maximum atomic E-state index is 13.7. The van der Waals surface area contributed by atoms with Crippen LogP contribution >= 0.6 is 11.6 Å². The van der Waals surface area contributed by atoms with Gasteiger partial charge in [0.1, 0.15) is 5.82 Å². The monoisotopic (exact) mass is 304 g/mol. The maximum absolute atomic E-state index is 13.7. The van der Waals surface area contributed by atoms with E-state index in [1.165, 1.54) is 6.07 Å². The topological polar surface area (TPSA) is 41.1 Å². The molecule has 0 atom stereocenters. The average Bonchev–Trinajstić information content (AvgIpc) is 2.47. The molecular weight excluding hydrogens is 291 g/mol. The zero-order valence-electron chi connectivity index (χ0n) is 11.2. The first-order valence-corrected chi connectivity index (χ1v) is 7.11. The third-order valence-electron chi connectivity index (χ3n) is 3.53. The highest BCUT2D eigenvalue weighted by molar-refractivity contribution is 6.31. The van der Waals surface area contributed by atoms with Crippen molar-refractivity contribution in [2.24, 2.45) is 0 Å². The van der Waals surface area contributed by atoms with E-state index in [-0.39, 0.29) is 11.7 Å². The van der Waals surface area contributed by atoms with Crippen molar-refractivity contribution in [2.45, 2.75) is 19.4 Å².